The molecule has 0 radical (unpaired) electrons. The summed E-state index contributed by atoms with van der Waals surface area (Å²) in [5.74, 6) is 1.38. The summed E-state index contributed by atoms with van der Waals surface area (Å²) in [6, 6.07) is 14.4. The van der Waals surface area contributed by atoms with Crippen molar-refractivity contribution < 1.29 is 4.74 Å². The van der Waals surface area contributed by atoms with Crippen LogP contribution < -0.4 is 9.64 Å². The van der Waals surface area contributed by atoms with E-state index in [1.807, 2.05) is 36.5 Å². The largest absolute Gasteiger partial charge is 0.496 e. The number of hydrogen-bond acceptors (Lipinski definition) is 3. The second-order valence-corrected chi connectivity index (χ2v) is 7.22. The molecule has 24 heavy (non-hydrogen) atoms. The average Bonchev–Trinajstić information content (AvgIpc) is 2.58. The fraction of sp³-hybridized carbons (Fsp3) is 0.381. The maximum Gasteiger partial charge on any atom is 0.129 e. The van der Waals surface area contributed by atoms with Gasteiger partial charge in [0.2, 0.25) is 0 Å². The number of fused-ring (bicyclic) bond motifs is 1. The van der Waals surface area contributed by atoms with Gasteiger partial charge in [-0.2, -0.15) is 0 Å². The number of hydrogen-bond donors (Lipinski definition) is 0. The molecule has 1 atom stereocenters. The molecule has 3 heteroatoms. The molecule has 0 bridgehead atoms. The first kappa shape index (κ1) is 16.6. The summed E-state index contributed by atoms with van der Waals surface area (Å²) in [6.45, 7) is 6.89. The molecule has 0 fully saturated rings. The standard InChI is InChI=1S/C21H26N2O/c1-15-13-21(2,3)23(4)19-12-20(24-5)16(11-18(15)19)14-22-17-9-7-6-8-10-17/h6-12,14-15H,13H2,1-5H3. The predicted octanol–water partition coefficient (Wildman–Crippen LogP) is 5.17. The molecule has 0 spiro atoms. The van der Waals surface area contributed by atoms with E-state index in [4.69, 9.17) is 4.74 Å². The lowest BCUT2D eigenvalue weighted by atomic mass is 9.80. The number of rotatable bonds is 3. The van der Waals surface area contributed by atoms with Gasteiger partial charge in [0.15, 0.2) is 0 Å². The smallest absolute Gasteiger partial charge is 0.129 e. The molecule has 2 aromatic carbocycles. The quantitative estimate of drug-likeness (QED) is 0.728. The maximum absolute atomic E-state index is 5.63. The number of para-hydroxylation sites is 1. The van der Waals surface area contributed by atoms with Crippen molar-refractivity contribution in [3.63, 3.8) is 0 Å². The van der Waals surface area contributed by atoms with Crippen LogP contribution in [0.3, 0.4) is 0 Å². The van der Waals surface area contributed by atoms with Gasteiger partial charge in [-0.25, -0.2) is 0 Å². The van der Waals surface area contributed by atoms with Crippen LogP contribution in [-0.4, -0.2) is 25.9 Å². The number of nitrogens with zero attached hydrogens (tertiary/aromatic N) is 2. The third-order valence-electron chi connectivity index (χ3n) is 5.09. The summed E-state index contributed by atoms with van der Waals surface area (Å²) >= 11 is 0. The van der Waals surface area contributed by atoms with Crippen LogP contribution in [-0.2, 0) is 0 Å². The second-order valence-electron chi connectivity index (χ2n) is 7.22. The highest BCUT2D eigenvalue weighted by Gasteiger charge is 2.34. The molecule has 0 saturated heterocycles. The highest BCUT2D eigenvalue weighted by molar-refractivity contribution is 5.87. The van der Waals surface area contributed by atoms with E-state index in [0.29, 0.717) is 5.92 Å². The van der Waals surface area contributed by atoms with Crippen LogP contribution >= 0.6 is 0 Å². The Labute approximate surface area is 145 Å². The Morgan fingerprint density at radius 1 is 1.21 bits per heavy atom. The van der Waals surface area contributed by atoms with Gasteiger partial charge in [-0.1, -0.05) is 25.1 Å². The van der Waals surface area contributed by atoms with Gasteiger partial charge in [0, 0.05) is 36.1 Å². The van der Waals surface area contributed by atoms with Gasteiger partial charge in [-0.15, -0.1) is 0 Å². The fourth-order valence-electron chi connectivity index (χ4n) is 3.55. The molecular weight excluding hydrogens is 296 g/mol. The zero-order valence-corrected chi connectivity index (χ0v) is 15.2. The molecular formula is C21H26N2O. The first-order valence-corrected chi connectivity index (χ1v) is 8.47. The topological polar surface area (TPSA) is 24.8 Å². The van der Waals surface area contributed by atoms with Gasteiger partial charge < -0.3 is 9.64 Å². The van der Waals surface area contributed by atoms with Crippen LogP contribution in [0.25, 0.3) is 0 Å². The molecule has 126 valence electrons. The molecule has 2 aromatic rings. The fourth-order valence-corrected chi connectivity index (χ4v) is 3.55. The van der Waals surface area contributed by atoms with Crippen LogP contribution in [0.1, 0.15) is 44.2 Å². The van der Waals surface area contributed by atoms with Crippen molar-refractivity contribution in [2.75, 3.05) is 19.1 Å². The molecule has 0 amide bonds. The second kappa shape index (κ2) is 6.31. The SMILES string of the molecule is COc1cc2c(cc1C=Nc1ccccc1)C(C)CC(C)(C)N2C. The first-order valence-electron chi connectivity index (χ1n) is 8.47. The van der Waals surface area contributed by atoms with E-state index in [0.717, 1.165) is 23.4 Å². The van der Waals surface area contributed by atoms with Crippen LogP contribution in [0.2, 0.25) is 0 Å². The minimum absolute atomic E-state index is 0.150. The molecule has 0 aromatic heterocycles. The number of anilines is 1. The lowest BCUT2D eigenvalue weighted by Gasteiger charge is -2.45. The van der Waals surface area contributed by atoms with Crippen molar-refractivity contribution in [2.45, 2.75) is 38.6 Å². The lowest BCUT2D eigenvalue weighted by molar-refractivity contribution is 0.389. The van der Waals surface area contributed by atoms with Crippen molar-refractivity contribution in [3.8, 4) is 5.75 Å². The van der Waals surface area contributed by atoms with Crippen molar-refractivity contribution in [3.05, 3.63) is 53.6 Å². The van der Waals surface area contributed by atoms with E-state index in [1.54, 1.807) is 7.11 Å². The monoisotopic (exact) mass is 322 g/mol. The Morgan fingerprint density at radius 3 is 2.58 bits per heavy atom. The number of aliphatic imine (C=N–C) groups is 1. The van der Waals surface area contributed by atoms with Crippen molar-refractivity contribution in [1.82, 2.24) is 0 Å². The zero-order valence-electron chi connectivity index (χ0n) is 15.2. The van der Waals surface area contributed by atoms with Crippen LogP contribution in [0, 0.1) is 0 Å². The van der Waals surface area contributed by atoms with E-state index < -0.39 is 0 Å². The number of methoxy groups -OCH3 is 1. The Balaban J connectivity index is 2.03. The maximum atomic E-state index is 5.63. The lowest BCUT2D eigenvalue weighted by Crippen LogP contribution is -2.45. The molecule has 1 unspecified atom stereocenters. The highest BCUT2D eigenvalue weighted by Crippen LogP contribution is 2.44. The van der Waals surface area contributed by atoms with Gasteiger partial charge >= 0.3 is 0 Å². The van der Waals surface area contributed by atoms with Crippen molar-refractivity contribution >= 4 is 17.6 Å². The van der Waals surface area contributed by atoms with E-state index in [9.17, 15) is 0 Å². The summed E-state index contributed by atoms with van der Waals surface area (Å²) in [4.78, 5) is 6.95. The Hall–Kier alpha value is -2.29. The van der Waals surface area contributed by atoms with Crippen LogP contribution in [0.5, 0.6) is 5.75 Å². The summed E-state index contributed by atoms with van der Waals surface area (Å²) < 4.78 is 5.63. The predicted molar refractivity (Wildman–Crippen MR) is 102 cm³/mol. The first-order chi connectivity index (χ1) is 11.4. The van der Waals surface area contributed by atoms with E-state index in [1.165, 1.54) is 11.3 Å². The molecule has 0 N–H and O–H groups in total. The normalized spacial score (nSPS) is 19.4. The summed E-state index contributed by atoms with van der Waals surface area (Å²) in [5, 5.41) is 0. The van der Waals surface area contributed by atoms with E-state index in [-0.39, 0.29) is 5.54 Å². The van der Waals surface area contributed by atoms with Crippen molar-refractivity contribution in [1.29, 1.82) is 0 Å². The summed E-state index contributed by atoms with van der Waals surface area (Å²) in [5.41, 5.74) is 4.75. The molecule has 1 heterocycles. The Bertz CT molecular complexity index is 750. The molecule has 1 aliphatic rings. The Kier molecular flexibility index (Phi) is 4.35. The number of benzene rings is 2. The minimum atomic E-state index is 0.150. The molecule has 0 saturated carbocycles. The van der Waals surface area contributed by atoms with Crippen molar-refractivity contribution in [2.24, 2.45) is 4.99 Å². The van der Waals surface area contributed by atoms with Crippen LogP contribution in [0.4, 0.5) is 11.4 Å². The van der Waals surface area contributed by atoms with Crippen LogP contribution in [0.15, 0.2) is 47.5 Å². The summed E-state index contributed by atoms with van der Waals surface area (Å²) in [6.07, 6.45) is 3.04. The van der Waals surface area contributed by atoms with E-state index in [2.05, 4.69) is 49.8 Å². The van der Waals surface area contributed by atoms with E-state index >= 15 is 0 Å². The molecule has 3 nitrogen and oxygen atoms in total. The average molecular weight is 322 g/mol. The van der Waals surface area contributed by atoms with Gasteiger partial charge in [0.1, 0.15) is 5.75 Å². The van der Waals surface area contributed by atoms with Gasteiger partial charge in [0.05, 0.1) is 12.8 Å². The van der Waals surface area contributed by atoms with Gasteiger partial charge in [0.25, 0.3) is 0 Å². The van der Waals surface area contributed by atoms with Gasteiger partial charge in [-0.3, -0.25) is 4.99 Å². The van der Waals surface area contributed by atoms with Gasteiger partial charge in [-0.05, 0) is 49.9 Å². The molecule has 1 aliphatic heterocycles. The third-order valence-corrected chi connectivity index (χ3v) is 5.09. The minimum Gasteiger partial charge on any atom is -0.496 e. The number of ether oxygens (including phenoxy) is 1. The highest BCUT2D eigenvalue weighted by atomic mass is 16.5. The summed E-state index contributed by atoms with van der Waals surface area (Å²) in [7, 11) is 3.89. The third kappa shape index (κ3) is 3.03. The molecule has 0 aliphatic carbocycles. The molecule has 3 rings (SSSR count). The Morgan fingerprint density at radius 2 is 1.92 bits per heavy atom. The zero-order chi connectivity index (χ0) is 17.3.